The molecule has 0 N–H and O–H groups in total. The summed E-state index contributed by atoms with van der Waals surface area (Å²) in [6.07, 6.45) is 1.92. The van der Waals surface area contributed by atoms with E-state index in [0.29, 0.717) is 0 Å². The second kappa shape index (κ2) is 5.22. The summed E-state index contributed by atoms with van der Waals surface area (Å²) in [7, 11) is 0. The molecule has 0 nitrogen and oxygen atoms in total. The van der Waals surface area contributed by atoms with Crippen molar-refractivity contribution < 1.29 is 0 Å². The topological polar surface area (TPSA) is 0 Å². The molecule has 0 bridgehead atoms. The first-order valence-electron chi connectivity index (χ1n) is 6.35. The van der Waals surface area contributed by atoms with Gasteiger partial charge in [-0.2, -0.15) is 0 Å². The van der Waals surface area contributed by atoms with Crippen molar-refractivity contribution in [2.24, 2.45) is 0 Å². The third kappa shape index (κ3) is 3.10. The molecule has 0 saturated carbocycles. The monoisotopic (exact) mass is 236 g/mol. The fourth-order valence-electron chi connectivity index (χ4n) is 2.26. The van der Waals surface area contributed by atoms with Crippen molar-refractivity contribution >= 4 is 10.8 Å². The van der Waals surface area contributed by atoms with Crippen LogP contribution in [0.1, 0.15) is 25.0 Å². The van der Waals surface area contributed by atoms with E-state index in [4.69, 9.17) is 0 Å². The Bertz CT molecular complexity index is 552. The Balaban J connectivity index is 2.39. The second-order valence-electron chi connectivity index (χ2n) is 5.28. The van der Waals surface area contributed by atoms with Crippen LogP contribution >= 0.6 is 0 Å². The third-order valence-electron chi connectivity index (χ3n) is 2.98. The van der Waals surface area contributed by atoms with Gasteiger partial charge < -0.3 is 0 Å². The van der Waals surface area contributed by atoms with Crippen LogP contribution in [-0.2, 0) is 12.8 Å². The first kappa shape index (κ1) is 12.6. The molecule has 92 valence electrons. The van der Waals surface area contributed by atoms with Crippen molar-refractivity contribution in [3.63, 3.8) is 0 Å². The summed E-state index contributed by atoms with van der Waals surface area (Å²) in [6.45, 7) is 12.1. The van der Waals surface area contributed by atoms with Gasteiger partial charge in [0.1, 0.15) is 0 Å². The molecule has 0 heterocycles. The summed E-state index contributed by atoms with van der Waals surface area (Å²) in [5.41, 5.74) is 5.07. The lowest BCUT2D eigenvalue weighted by molar-refractivity contribution is 1.15. The van der Waals surface area contributed by atoms with Gasteiger partial charge in [0.05, 0.1) is 0 Å². The van der Waals surface area contributed by atoms with Gasteiger partial charge in [0.15, 0.2) is 0 Å². The summed E-state index contributed by atoms with van der Waals surface area (Å²) < 4.78 is 0. The molecule has 0 saturated heterocycles. The molecule has 0 unspecified atom stereocenters. The molecule has 0 aliphatic carbocycles. The molecule has 0 atom stereocenters. The highest BCUT2D eigenvalue weighted by molar-refractivity contribution is 5.84. The molecule has 0 heteroatoms. The average Bonchev–Trinajstić information content (AvgIpc) is 2.26. The largest absolute Gasteiger partial charge is 0.0998 e. The number of hydrogen-bond donors (Lipinski definition) is 0. The minimum absolute atomic E-state index is 0.959. The third-order valence-corrected chi connectivity index (χ3v) is 2.98. The maximum absolute atomic E-state index is 3.98. The Morgan fingerprint density at radius 1 is 0.778 bits per heavy atom. The van der Waals surface area contributed by atoms with E-state index in [1.54, 1.807) is 0 Å². The molecule has 0 aliphatic rings. The van der Waals surface area contributed by atoms with Gasteiger partial charge in [-0.3, -0.25) is 0 Å². The van der Waals surface area contributed by atoms with E-state index in [1.807, 2.05) is 0 Å². The molecular formula is C18H20. The second-order valence-corrected chi connectivity index (χ2v) is 5.28. The van der Waals surface area contributed by atoms with Crippen LogP contribution in [0.25, 0.3) is 10.8 Å². The summed E-state index contributed by atoms with van der Waals surface area (Å²) in [6, 6.07) is 13.3. The zero-order valence-electron chi connectivity index (χ0n) is 11.3. The smallest absolute Gasteiger partial charge is 0.00724 e. The van der Waals surface area contributed by atoms with Gasteiger partial charge in [-0.15, -0.1) is 0 Å². The summed E-state index contributed by atoms with van der Waals surface area (Å²) in [4.78, 5) is 0. The lowest BCUT2D eigenvalue weighted by atomic mass is 9.99. The summed E-state index contributed by atoms with van der Waals surface area (Å²) in [5.74, 6) is 0. The van der Waals surface area contributed by atoms with E-state index in [0.717, 1.165) is 12.8 Å². The molecule has 0 spiro atoms. The van der Waals surface area contributed by atoms with Gasteiger partial charge in [-0.25, -0.2) is 0 Å². The maximum atomic E-state index is 3.98. The fraction of sp³-hybridized carbons (Fsp3) is 0.222. The van der Waals surface area contributed by atoms with Crippen molar-refractivity contribution in [3.05, 3.63) is 71.8 Å². The number of allylic oxidation sites excluding steroid dienone is 2. The van der Waals surface area contributed by atoms with Gasteiger partial charge in [-0.1, -0.05) is 60.7 Å². The van der Waals surface area contributed by atoms with E-state index in [9.17, 15) is 0 Å². The van der Waals surface area contributed by atoms with Gasteiger partial charge in [-0.05, 0) is 48.6 Å². The highest BCUT2D eigenvalue weighted by atomic mass is 14.0. The van der Waals surface area contributed by atoms with Crippen LogP contribution in [-0.4, -0.2) is 0 Å². The molecule has 2 rings (SSSR count). The predicted octanol–water partition coefficient (Wildman–Crippen LogP) is 5.08. The summed E-state index contributed by atoms with van der Waals surface area (Å²) >= 11 is 0. The quantitative estimate of drug-likeness (QED) is 0.650. The SMILES string of the molecule is C=C(C)Cc1ccc2ccc(CC(=C)C)cc2c1. The Morgan fingerprint density at radius 3 is 1.61 bits per heavy atom. The average molecular weight is 236 g/mol. The van der Waals surface area contributed by atoms with Crippen LogP contribution in [0.5, 0.6) is 0 Å². The molecule has 2 aromatic carbocycles. The number of hydrogen-bond acceptors (Lipinski definition) is 0. The summed E-state index contributed by atoms with van der Waals surface area (Å²) in [5, 5.41) is 2.61. The van der Waals surface area contributed by atoms with Crippen molar-refractivity contribution in [1.29, 1.82) is 0 Å². The molecule has 0 radical (unpaired) electrons. The normalized spacial score (nSPS) is 10.6. The van der Waals surface area contributed by atoms with Crippen molar-refractivity contribution in [3.8, 4) is 0 Å². The molecule has 18 heavy (non-hydrogen) atoms. The Hall–Kier alpha value is -1.82. The number of benzene rings is 2. The van der Waals surface area contributed by atoms with Crippen molar-refractivity contribution in [1.82, 2.24) is 0 Å². The Kier molecular flexibility index (Phi) is 3.66. The van der Waals surface area contributed by atoms with E-state index >= 15 is 0 Å². The van der Waals surface area contributed by atoms with Crippen LogP contribution in [0.2, 0.25) is 0 Å². The fourth-order valence-corrected chi connectivity index (χ4v) is 2.26. The Morgan fingerprint density at radius 2 is 1.22 bits per heavy atom. The number of rotatable bonds is 4. The van der Waals surface area contributed by atoms with Crippen molar-refractivity contribution in [2.45, 2.75) is 26.7 Å². The van der Waals surface area contributed by atoms with Gasteiger partial charge in [0.2, 0.25) is 0 Å². The van der Waals surface area contributed by atoms with Gasteiger partial charge in [0, 0.05) is 0 Å². The lowest BCUT2D eigenvalue weighted by Gasteiger charge is -2.06. The number of fused-ring (bicyclic) bond motifs is 1. The van der Waals surface area contributed by atoms with Gasteiger partial charge >= 0.3 is 0 Å². The predicted molar refractivity (Wildman–Crippen MR) is 81.0 cm³/mol. The van der Waals surface area contributed by atoms with Gasteiger partial charge in [0.25, 0.3) is 0 Å². The highest BCUT2D eigenvalue weighted by Crippen LogP contribution is 2.20. The minimum Gasteiger partial charge on any atom is -0.0998 e. The molecule has 0 aromatic heterocycles. The first-order valence-corrected chi connectivity index (χ1v) is 6.35. The first-order chi connectivity index (χ1) is 8.54. The molecular weight excluding hydrogens is 216 g/mol. The van der Waals surface area contributed by atoms with Crippen LogP contribution in [0.3, 0.4) is 0 Å². The van der Waals surface area contributed by atoms with E-state index in [-0.39, 0.29) is 0 Å². The zero-order valence-corrected chi connectivity index (χ0v) is 11.3. The molecule has 2 aromatic rings. The van der Waals surface area contributed by atoms with Crippen LogP contribution in [0.15, 0.2) is 60.7 Å². The lowest BCUT2D eigenvalue weighted by Crippen LogP contribution is -1.88. The maximum Gasteiger partial charge on any atom is -0.00724 e. The van der Waals surface area contributed by atoms with Crippen LogP contribution in [0.4, 0.5) is 0 Å². The zero-order chi connectivity index (χ0) is 13.1. The minimum atomic E-state index is 0.959. The molecule has 0 amide bonds. The highest BCUT2D eigenvalue weighted by Gasteiger charge is 2.00. The van der Waals surface area contributed by atoms with E-state index in [1.165, 1.54) is 33.0 Å². The van der Waals surface area contributed by atoms with E-state index < -0.39 is 0 Å². The van der Waals surface area contributed by atoms with Crippen molar-refractivity contribution in [2.75, 3.05) is 0 Å². The standard InChI is InChI=1S/C18H20/c1-13(2)9-15-5-7-17-8-6-16(10-14(3)4)12-18(17)11-15/h5-8,11-12H,1,3,9-10H2,2,4H3. The molecule has 0 aliphatic heterocycles. The Labute approximate surface area is 110 Å². The van der Waals surface area contributed by atoms with Crippen LogP contribution in [0, 0.1) is 0 Å². The molecule has 0 fully saturated rings. The van der Waals surface area contributed by atoms with Crippen LogP contribution < -0.4 is 0 Å². The van der Waals surface area contributed by atoms with E-state index in [2.05, 4.69) is 63.4 Å².